The predicted octanol–water partition coefficient (Wildman–Crippen LogP) is 2.14. The zero-order chi connectivity index (χ0) is 18.8. The summed E-state index contributed by atoms with van der Waals surface area (Å²) < 4.78 is 15.6. The van der Waals surface area contributed by atoms with E-state index < -0.39 is 0 Å². The number of rotatable bonds is 4. The molecule has 140 valence electrons. The van der Waals surface area contributed by atoms with E-state index in [1.165, 1.54) is 6.20 Å². The van der Waals surface area contributed by atoms with Gasteiger partial charge in [-0.15, -0.1) is 10.2 Å². The first-order valence-corrected chi connectivity index (χ1v) is 9.03. The number of hydrogen-bond donors (Lipinski definition) is 0. The highest BCUT2D eigenvalue weighted by atomic mass is 19.1. The van der Waals surface area contributed by atoms with Crippen molar-refractivity contribution in [2.45, 2.75) is 20.4 Å². The van der Waals surface area contributed by atoms with E-state index in [0.29, 0.717) is 12.1 Å². The van der Waals surface area contributed by atoms with E-state index in [-0.39, 0.29) is 5.82 Å². The molecular weight excluding hydrogens is 345 g/mol. The Morgan fingerprint density at radius 3 is 2.37 bits per heavy atom. The molecule has 7 nitrogen and oxygen atoms in total. The van der Waals surface area contributed by atoms with Crippen LogP contribution in [-0.4, -0.2) is 56.0 Å². The fourth-order valence-electron chi connectivity index (χ4n) is 3.37. The lowest BCUT2D eigenvalue weighted by atomic mass is 10.2. The molecule has 3 aromatic rings. The Kier molecular flexibility index (Phi) is 4.81. The van der Waals surface area contributed by atoms with Crippen LogP contribution in [-0.2, 0) is 6.54 Å². The average Bonchev–Trinajstić information content (AvgIpc) is 3.02. The van der Waals surface area contributed by atoms with Gasteiger partial charge in [0.25, 0.3) is 0 Å². The van der Waals surface area contributed by atoms with Gasteiger partial charge in [0.05, 0.1) is 11.9 Å². The molecule has 27 heavy (non-hydrogen) atoms. The molecule has 0 N–H and O–H groups in total. The van der Waals surface area contributed by atoms with Crippen molar-refractivity contribution < 1.29 is 4.39 Å². The lowest BCUT2D eigenvalue weighted by Crippen LogP contribution is -2.46. The minimum atomic E-state index is -0.245. The van der Waals surface area contributed by atoms with Crippen LogP contribution in [0.2, 0.25) is 0 Å². The summed E-state index contributed by atoms with van der Waals surface area (Å²) >= 11 is 0. The lowest BCUT2D eigenvalue weighted by molar-refractivity contribution is 0.246. The highest BCUT2D eigenvalue weighted by Gasteiger charge is 2.19. The first-order valence-electron chi connectivity index (χ1n) is 9.03. The Bertz CT molecular complexity index is 914. The number of nitrogens with zero attached hydrogens (tertiary/aromatic N) is 7. The van der Waals surface area contributed by atoms with Gasteiger partial charge in [0.2, 0.25) is 0 Å². The molecule has 0 aliphatic carbocycles. The quantitative estimate of drug-likeness (QED) is 0.704. The zero-order valence-electron chi connectivity index (χ0n) is 15.5. The van der Waals surface area contributed by atoms with Crippen molar-refractivity contribution in [3.63, 3.8) is 0 Å². The van der Waals surface area contributed by atoms with Crippen LogP contribution in [0.4, 0.5) is 10.2 Å². The molecule has 0 bridgehead atoms. The second-order valence-electron chi connectivity index (χ2n) is 6.82. The monoisotopic (exact) mass is 367 g/mol. The molecular formula is C19H22FN7. The molecule has 4 heterocycles. The molecule has 0 unspecified atom stereocenters. The van der Waals surface area contributed by atoms with E-state index in [2.05, 4.69) is 30.1 Å². The molecule has 0 spiro atoms. The molecule has 8 heteroatoms. The SMILES string of the molecule is Cc1cc(C)n(-c2ccc(N3CCN(Cc4ccncc4F)CC3)nn2)n1. The fourth-order valence-corrected chi connectivity index (χ4v) is 3.37. The van der Waals surface area contributed by atoms with Gasteiger partial charge in [0.1, 0.15) is 5.82 Å². The fraction of sp³-hybridized carbons (Fsp3) is 0.368. The van der Waals surface area contributed by atoms with Crippen LogP contribution in [0.3, 0.4) is 0 Å². The van der Waals surface area contributed by atoms with E-state index in [1.807, 2.05) is 32.0 Å². The number of aromatic nitrogens is 5. The molecule has 0 aromatic carbocycles. The molecule has 0 saturated carbocycles. The standard InChI is InChI=1S/C19H22FN7/c1-14-11-15(2)27(24-14)19-4-3-18(22-23-19)26-9-7-25(8-10-26)13-16-5-6-21-12-17(16)20/h3-6,11-12H,7-10,13H2,1-2H3. The number of halogens is 1. The minimum absolute atomic E-state index is 0.245. The molecule has 1 saturated heterocycles. The van der Waals surface area contributed by atoms with E-state index in [1.54, 1.807) is 16.9 Å². The van der Waals surface area contributed by atoms with E-state index in [0.717, 1.165) is 49.2 Å². The van der Waals surface area contributed by atoms with Gasteiger partial charge in [-0.2, -0.15) is 5.10 Å². The molecule has 1 fully saturated rings. The first kappa shape index (κ1) is 17.5. The number of anilines is 1. The van der Waals surface area contributed by atoms with Gasteiger partial charge in [0.15, 0.2) is 11.6 Å². The van der Waals surface area contributed by atoms with Crippen molar-refractivity contribution in [2.75, 3.05) is 31.1 Å². The third-order valence-corrected chi connectivity index (χ3v) is 4.81. The van der Waals surface area contributed by atoms with Gasteiger partial charge in [-0.05, 0) is 38.1 Å². The minimum Gasteiger partial charge on any atom is -0.353 e. The molecule has 1 aliphatic heterocycles. The summed E-state index contributed by atoms with van der Waals surface area (Å²) in [5.41, 5.74) is 2.68. The Balaban J connectivity index is 1.38. The summed E-state index contributed by atoms with van der Waals surface area (Å²) in [6.07, 6.45) is 2.90. The van der Waals surface area contributed by atoms with Gasteiger partial charge in [-0.25, -0.2) is 9.07 Å². The van der Waals surface area contributed by atoms with Crippen LogP contribution in [0.1, 0.15) is 17.0 Å². The summed E-state index contributed by atoms with van der Waals surface area (Å²) in [7, 11) is 0. The maximum Gasteiger partial charge on any atom is 0.176 e. The highest BCUT2D eigenvalue weighted by molar-refractivity contribution is 5.40. The average molecular weight is 367 g/mol. The van der Waals surface area contributed by atoms with Gasteiger partial charge >= 0.3 is 0 Å². The topological polar surface area (TPSA) is 63.0 Å². The van der Waals surface area contributed by atoms with Crippen molar-refractivity contribution in [3.05, 3.63) is 59.4 Å². The summed E-state index contributed by atoms with van der Waals surface area (Å²) in [5.74, 6) is 1.33. The van der Waals surface area contributed by atoms with Gasteiger partial charge < -0.3 is 4.90 Å². The molecule has 0 atom stereocenters. The van der Waals surface area contributed by atoms with Gasteiger partial charge in [0, 0.05) is 50.2 Å². The van der Waals surface area contributed by atoms with E-state index in [9.17, 15) is 4.39 Å². The van der Waals surface area contributed by atoms with Crippen LogP contribution in [0.15, 0.2) is 36.7 Å². The Morgan fingerprint density at radius 1 is 1.00 bits per heavy atom. The molecule has 4 rings (SSSR count). The molecule has 0 radical (unpaired) electrons. The number of piperazine rings is 1. The van der Waals surface area contributed by atoms with Crippen molar-refractivity contribution in [1.82, 2.24) is 29.9 Å². The number of pyridine rings is 1. The number of hydrogen-bond acceptors (Lipinski definition) is 6. The van der Waals surface area contributed by atoms with E-state index in [4.69, 9.17) is 0 Å². The third kappa shape index (κ3) is 3.80. The predicted molar refractivity (Wildman–Crippen MR) is 100 cm³/mol. The molecule has 1 aliphatic rings. The summed E-state index contributed by atoms with van der Waals surface area (Å²) in [4.78, 5) is 8.25. The molecule has 3 aromatic heterocycles. The summed E-state index contributed by atoms with van der Waals surface area (Å²) in [6.45, 7) is 7.93. The highest BCUT2D eigenvalue weighted by Crippen LogP contribution is 2.17. The third-order valence-electron chi connectivity index (χ3n) is 4.81. The Labute approximate surface area is 157 Å². The van der Waals surface area contributed by atoms with Crippen LogP contribution in [0.25, 0.3) is 5.82 Å². The van der Waals surface area contributed by atoms with Crippen LogP contribution < -0.4 is 4.90 Å². The van der Waals surface area contributed by atoms with Crippen molar-refractivity contribution in [3.8, 4) is 5.82 Å². The van der Waals surface area contributed by atoms with Crippen LogP contribution in [0.5, 0.6) is 0 Å². The molecule has 0 amide bonds. The summed E-state index contributed by atoms with van der Waals surface area (Å²) in [6, 6.07) is 7.68. The second kappa shape index (κ2) is 7.40. The smallest absolute Gasteiger partial charge is 0.176 e. The Hall–Kier alpha value is -2.87. The van der Waals surface area contributed by atoms with Crippen LogP contribution >= 0.6 is 0 Å². The lowest BCUT2D eigenvalue weighted by Gasteiger charge is -2.35. The van der Waals surface area contributed by atoms with Crippen LogP contribution in [0, 0.1) is 19.7 Å². The normalized spacial score (nSPS) is 15.3. The van der Waals surface area contributed by atoms with E-state index >= 15 is 0 Å². The van der Waals surface area contributed by atoms with Crippen molar-refractivity contribution in [1.29, 1.82) is 0 Å². The van der Waals surface area contributed by atoms with Crippen molar-refractivity contribution >= 4 is 5.82 Å². The maximum atomic E-state index is 13.8. The second-order valence-corrected chi connectivity index (χ2v) is 6.82. The zero-order valence-corrected chi connectivity index (χ0v) is 15.5. The van der Waals surface area contributed by atoms with Crippen molar-refractivity contribution in [2.24, 2.45) is 0 Å². The maximum absolute atomic E-state index is 13.8. The Morgan fingerprint density at radius 2 is 1.74 bits per heavy atom. The van der Waals surface area contributed by atoms with Gasteiger partial charge in [-0.1, -0.05) is 0 Å². The first-order chi connectivity index (χ1) is 13.1. The largest absolute Gasteiger partial charge is 0.353 e. The summed E-state index contributed by atoms with van der Waals surface area (Å²) in [5, 5.41) is 13.2. The number of aryl methyl sites for hydroxylation is 2. The van der Waals surface area contributed by atoms with Gasteiger partial charge in [-0.3, -0.25) is 9.88 Å².